The maximum Gasteiger partial charge on any atom is 0.243 e. The van der Waals surface area contributed by atoms with Crippen LogP contribution in [0.15, 0.2) is 82.4 Å². The highest BCUT2D eigenvalue weighted by Crippen LogP contribution is 2.22. The van der Waals surface area contributed by atoms with Gasteiger partial charge in [0.15, 0.2) is 0 Å². The molecule has 0 atom stereocenters. The van der Waals surface area contributed by atoms with Crippen LogP contribution in [0.25, 0.3) is 0 Å². The Morgan fingerprint density at radius 2 is 1.59 bits per heavy atom. The van der Waals surface area contributed by atoms with Crippen LogP contribution in [0.1, 0.15) is 0 Å². The number of aromatic nitrogens is 1. The van der Waals surface area contributed by atoms with Gasteiger partial charge in [-0.25, -0.2) is 8.42 Å². The maximum atomic E-state index is 12.6. The van der Waals surface area contributed by atoms with E-state index in [1.54, 1.807) is 60.9 Å². The van der Waals surface area contributed by atoms with Crippen molar-refractivity contribution in [3.8, 4) is 11.5 Å². The third-order valence-corrected chi connectivity index (χ3v) is 6.26. The number of carbonyl (C=O) groups excluding carboxylic acids is 1. The number of hydrogen-bond donors (Lipinski definition) is 1. The summed E-state index contributed by atoms with van der Waals surface area (Å²) in [5.41, 5.74) is 0.534. The zero-order chi connectivity index (χ0) is 20.9. The number of carbonyl (C=O) groups is 1. The number of ether oxygens (including phenoxy) is 1. The fourth-order valence-corrected chi connectivity index (χ4v) is 3.81. The highest BCUT2D eigenvalue weighted by atomic mass is 79.9. The van der Waals surface area contributed by atoms with Gasteiger partial charge in [-0.15, -0.1) is 0 Å². The minimum atomic E-state index is -3.76. The second-order valence-corrected chi connectivity index (χ2v) is 9.03. The van der Waals surface area contributed by atoms with E-state index >= 15 is 0 Å². The fraction of sp³-hybridized carbons (Fsp3) is 0.100. The SMILES string of the molecule is CN(CC(=O)Nc1ccc(Oc2ccncc2)cc1)S(=O)(=O)c1ccc(Br)cc1. The van der Waals surface area contributed by atoms with E-state index in [9.17, 15) is 13.2 Å². The lowest BCUT2D eigenvalue weighted by Crippen LogP contribution is -2.34. The van der Waals surface area contributed by atoms with Crippen LogP contribution in [0.3, 0.4) is 0 Å². The van der Waals surface area contributed by atoms with Gasteiger partial charge in [-0.2, -0.15) is 4.31 Å². The number of hydrogen-bond acceptors (Lipinski definition) is 5. The summed E-state index contributed by atoms with van der Waals surface area (Å²) in [6.45, 7) is -0.312. The molecule has 0 radical (unpaired) electrons. The number of nitrogens with zero attached hydrogens (tertiary/aromatic N) is 2. The van der Waals surface area contributed by atoms with Crippen molar-refractivity contribution in [2.24, 2.45) is 0 Å². The first-order chi connectivity index (χ1) is 13.8. The topological polar surface area (TPSA) is 88.6 Å². The number of anilines is 1. The Morgan fingerprint density at radius 3 is 2.21 bits per heavy atom. The smallest absolute Gasteiger partial charge is 0.243 e. The normalized spacial score (nSPS) is 11.3. The van der Waals surface area contributed by atoms with Crippen LogP contribution in [-0.2, 0) is 14.8 Å². The third kappa shape index (κ3) is 5.63. The summed E-state index contributed by atoms with van der Waals surface area (Å²) >= 11 is 3.27. The van der Waals surface area contributed by atoms with Crippen molar-refractivity contribution in [1.82, 2.24) is 9.29 Å². The molecule has 2 aromatic carbocycles. The Labute approximate surface area is 177 Å². The maximum absolute atomic E-state index is 12.6. The molecule has 1 amide bonds. The average molecular weight is 476 g/mol. The molecule has 0 spiro atoms. The molecule has 3 rings (SSSR count). The lowest BCUT2D eigenvalue weighted by atomic mass is 10.3. The number of halogens is 1. The van der Waals surface area contributed by atoms with Crippen molar-refractivity contribution in [2.75, 3.05) is 18.9 Å². The molecule has 1 N–H and O–H groups in total. The molecule has 150 valence electrons. The third-order valence-electron chi connectivity index (χ3n) is 3.91. The molecule has 1 aromatic heterocycles. The summed E-state index contributed by atoms with van der Waals surface area (Å²) in [5, 5.41) is 2.68. The summed E-state index contributed by atoms with van der Waals surface area (Å²) < 4.78 is 32.6. The molecule has 1 heterocycles. The number of amides is 1. The first kappa shape index (κ1) is 21.0. The first-order valence-electron chi connectivity index (χ1n) is 8.54. The fourth-order valence-electron chi connectivity index (χ4n) is 2.42. The Bertz CT molecular complexity index is 1070. The van der Waals surface area contributed by atoms with Gasteiger partial charge in [-0.05, 0) is 60.7 Å². The molecule has 9 heteroatoms. The molecule has 0 fully saturated rings. The zero-order valence-corrected chi connectivity index (χ0v) is 17.9. The monoisotopic (exact) mass is 475 g/mol. The van der Waals surface area contributed by atoms with Gasteiger partial charge in [0.2, 0.25) is 15.9 Å². The second kappa shape index (κ2) is 9.17. The Kier molecular flexibility index (Phi) is 6.63. The Balaban J connectivity index is 1.59. The molecule has 3 aromatic rings. The molecule has 0 saturated carbocycles. The predicted octanol–water partition coefficient (Wildman–Crippen LogP) is 3.90. The van der Waals surface area contributed by atoms with E-state index in [4.69, 9.17) is 4.74 Å². The van der Waals surface area contributed by atoms with Gasteiger partial charge in [0.05, 0.1) is 11.4 Å². The van der Waals surface area contributed by atoms with E-state index in [0.29, 0.717) is 17.2 Å². The van der Waals surface area contributed by atoms with Crippen LogP contribution >= 0.6 is 15.9 Å². The van der Waals surface area contributed by atoms with Gasteiger partial charge in [0.1, 0.15) is 11.5 Å². The summed E-state index contributed by atoms with van der Waals surface area (Å²) in [4.78, 5) is 16.3. The molecule has 29 heavy (non-hydrogen) atoms. The van der Waals surface area contributed by atoms with Gasteiger partial charge in [0, 0.05) is 29.6 Å². The van der Waals surface area contributed by atoms with Crippen molar-refractivity contribution in [2.45, 2.75) is 4.90 Å². The highest BCUT2D eigenvalue weighted by molar-refractivity contribution is 9.10. The predicted molar refractivity (Wildman–Crippen MR) is 113 cm³/mol. The second-order valence-electron chi connectivity index (χ2n) is 6.07. The van der Waals surface area contributed by atoms with Crippen molar-refractivity contribution >= 4 is 37.5 Å². The Morgan fingerprint density at radius 1 is 1.00 bits per heavy atom. The molecule has 0 unspecified atom stereocenters. The molecule has 0 aliphatic rings. The summed E-state index contributed by atoms with van der Waals surface area (Å²) in [5.74, 6) is 0.802. The molecule has 7 nitrogen and oxygen atoms in total. The minimum absolute atomic E-state index is 0.119. The van der Waals surface area contributed by atoms with Crippen LogP contribution in [-0.4, -0.2) is 37.2 Å². The van der Waals surface area contributed by atoms with E-state index < -0.39 is 15.9 Å². The number of sulfonamides is 1. The average Bonchev–Trinajstić information content (AvgIpc) is 2.70. The largest absolute Gasteiger partial charge is 0.457 e. The van der Waals surface area contributed by atoms with Crippen LogP contribution in [0.5, 0.6) is 11.5 Å². The quantitative estimate of drug-likeness (QED) is 0.559. The first-order valence-corrected chi connectivity index (χ1v) is 10.8. The highest BCUT2D eigenvalue weighted by Gasteiger charge is 2.22. The van der Waals surface area contributed by atoms with Crippen LogP contribution in [0.4, 0.5) is 5.69 Å². The van der Waals surface area contributed by atoms with Crippen molar-refractivity contribution in [3.63, 3.8) is 0 Å². The van der Waals surface area contributed by atoms with Gasteiger partial charge in [-0.3, -0.25) is 9.78 Å². The minimum Gasteiger partial charge on any atom is -0.457 e. The van der Waals surface area contributed by atoms with Crippen LogP contribution in [0, 0.1) is 0 Å². The summed E-state index contributed by atoms with van der Waals surface area (Å²) in [6, 6.07) is 16.5. The van der Waals surface area contributed by atoms with Crippen LogP contribution < -0.4 is 10.1 Å². The molecule has 0 bridgehead atoms. The summed E-state index contributed by atoms with van der Waals surface area (Å²) in [7, 11) is -2.39. The molecule has 0 saturated heterocycles. The lowest BCUT2D eigenvalue weighted by molar-refractivity contribution is -0.116. The van der Waals surface area contributed by atoms with Gasteiger partial charge in [-0.1, -0.05) is 15.9 Å². The number of nitrogens with one attached hydrogen (secondary N) is 1. The van der Waals surface area contributed by atoms with E-state index in [0.717, 1.165) is 8.78 Å². The van der Waals surface area contributed by atoms with Crippen molar-refractivity contribution in [1.29, 1.82) is 0 Å². The Hall–Kier alpha value is -2.75. The van der Waals surface area contributed by atoms with Gasteiger partial charge < -0.3 is 10.1 Å². The van der Waals surface area contributed by atoms with Crippen molar-refractivity contribution in [3.05, 3.63) is 77.5 Å². The molecular weight excluding hydrogens is 458 g/mol. The van der Waals surface area contributed by atoms with Gasteiger partial charge in [0.25, 0.3) is 0 Å². The molecule has 0 aliphatic carbocycles. The number of rotatable bonds is 7. The summed E-state index contributed by atoms with van der Waals surface area (Å²) in [6.07, 6.45) is 3.26. The van der Waals surface area contributed by atoms with E-state index in [-0.39, 0.29) is 11.4 Å². The zero-order valence-electron chi connectivity index (χ0n) is 15.4. The van der Waals surface area contributed by atoms with E-state index in [1.165, 1.54) is 19.2 Å². The lowest BCUT2D eigenvalue weighted by Gasteiger charge is -2.17. The number of pyridine rings is 1. The van der Waals surface area contributed by atoms with Crippen LogP contribution in [0.2, 0.25) is 0 Å². The van der Waals surface area contributed by atoms with Crippen molar-refractivity contribution < 1.29 is 17.9 Å². The standard InChI is InChI=1S/C20H18BrN3O4S/c1-24(29(26,27)19-8-2-15(21)3-9-19)14-20(25)23-16-4-6-17(7-5-16)28-18-10-12-22-13-11-18/h2-13H,14H2,1H3,(H,23,25). The number of likely N-dealkylation sites (N-methyl/N-ethyl adjacent to an activating group) is 1. The molecule has 0 aliphatic heterocycles. The van der Waals surface area contributed by atoms with E-state index in [2.05, 4.69) is 26.2 Å². The van der Waals surface area contributed by atoms with E-state index in [1.807, 2.05) is 0 Å². The van der Waals surface area contributed by atoms with Gasteiger partial charge >= 0.3 is 0 Å². The molecular formula is C20H18BrN3O4S. The number of benzene rings is 2.